The van der Waals surface area contributed by atoms with Crippen LogP contribution in [0.5, 0.6) is 0 Å². The highest BCUT2D eigenvalue weighted by molar-refractivity contribution is 5.81. The zero-order valence-electron chi connectivity index (χ0n) is 14.3. The molecular weight excluding hydrogens is 292 g/mol. The summed E-state index contributed by atoms with van der Waals surface area (Å²) in [6, 6.07) is -0.130. The van der Waals surface area contributed by atoms with Crippen LogP contribution in [0.25, 0.3) is 0 Å². The van der Waals surface area contributed by atoms with Crippen molar-refractivity contribution >= 4 is 11.8 Å². The van der Waals surface area contributed by atoms with Gasteiger partial charge < -0.3 is 10.2 Å². The largest absolute Gasteiger partial charge is 0.351 e. The Hall–Kier alpha value is -1.40. The van der Waals surface area contributed by atoms with E-state index in [1.54, 1.807) is 6.08 Å². The molecule has 0 radical (unpaired) electrons. The quantitative estimate of drug-likeness (QED) is 0.715. The highest BCUT2D eigenvalue weighted by Gasteiger charge is 2.27. The third-order valence-corrected chi connectivity index (χ3v) is 4.82. The molecule has 6 nitrogen and oxygen atoms in total. The van der Waals surface area contributed by atoms with Crippen molar-refractivity contribution in [1.82, 2.24) is 20.0 Å². The van der Waals surface area contributed by atoms with Crippen molar-refractivity contribution in [3.8, 4) is 0 Å². The monoisotopic (exact) mass is 322 g/mol. The first kappa shape index (κ1) is 17.9. The molecule has 6 heteroatoms. The summed E-state index contributed by atoms with van der Waals surface area (Å²) in [5.41, 5.74) is 0. The van der Waals surface area contributed by atoms with Gasteiger partial charge in [0, 0.05) is 45.8 Å². The first-order chi connectivity index (χ1) is 11.1. The maximum Gasteiger partial charge on any atom is 0.237 e. The number of hydrogen-bond donors (Lipinski definition) is 1. The topological polar surface area (TPSA) is 55.9 Å². The number of likely N-dealkylation sites (tertiary alicyclic amines) is 1. The maximum atomic E-state index is 12.3. The lowest BCUT2D eigenvalue weighted by atomic mass is 10.1. The molecule has 130 valence electrons. The fourth-order valence-corrected chi connectivity index (χ4v) is 3.23. The van der Waals surface area contributed by atoms with E-state index in [-0.39, 0.29) is 17.9 Å². The summed E-state index contributed by atoms with van der Waals surface area (Å²) in [5.74, 6) is 0.303. The van der Waals surface area contributed by atoms with Gasteiger partial charge in [-0.3, -0.25) is 19.4 Å². The Balaban J connectivity index is 1.71. The van der Waals surface area contributed by atoms with E-state index in [2.05, 4.69) is 21.7 Å². The summed E-state index contributed by atoms with van der Waals surface area (Å²) >= 11 is 0. The molecule has 1 atom stereocenters. The molecule has 2 saturated heterocycles. The van der Waals surface area contributed by atoms with Crippen LogP contribution in [-0.2, 0) is 9.59 Å². The Kier molecular flexibility index (Phi) is 7.05. The molecule has 1 unspecified atom stereocenters. The molecule has 2 amide bonds. The Morgan fingerprint density at radius 1 is 1.09 bits per heavy atom. The molecule has 0 saturated carbocycles. The number of rotatable bonds is 6. The van der Waals surface area contributed by atoms with Gasteiger partial charge in [-0.2, -0.15) is 0 Å². The van der Waals surface area contributed by atoms with Gasteiger partial charge in [0.25, 0.3) is 0 Å². The number of carbonyl (C=O) groups excluding carboxylic acids is 2. The standard InChI is InChI=1S/C17H30N4O2/c1-3-7-18-17(23)15(2)20-12-10-19(11-13-20)14-16(22)21-8-5-4-6-9-21/h3,15H,1,4-14H2,2H3,(H,18,23). The molecule has 1 N–H and O–H groups in total. The average molecular weight is 322 g/mol. The summed E-state index contributed by atoms with van der Waals surface area (Å²) in [6.07, 6.45) is 5.21. The molecule has 2 aliphatic heterocycles. The lowest BCUT2D eigenvalue weighted by Gasteiger charge is -2.38. The van der Waals surface area contributed by atoms with Crippen molar-refractivity contribution in [2.45, 2.75) is 32.2 Å². The van der Waals surface area contributed by atoms with Crippen LogP contribution in [0.4, 0.5) is 0 Å². The van der Waals surface area contributed by atoms with Crippen molar-refractivity contribution in [3.05, 3.63) is 12.7 Å². The van der Waals surface area contributed by atoms with E-state index in [0.717, 1.165) is 52.1 Å². The summed E-state index contributed by atoms with van der Waals surface area (Å²) in [4.78, 5) is 30.7. The predicted molar refractivity (Wildman–Crippen MR) is 91.1 cm³/mol. The van der Waals surface area contributed by atoms with Crippen molar-refractivity contribution in [3.63, 3.8) is 0 Å². The van der Waals surface area contributed by atoms with Crippen LogP contribution in [0.15, 0.2) is 12.7 Å². The third-order valence-electron chi connectivity index (χ3n) is 4.82. The molecule has 2 fully saturated rings. The first-order valence-electron chi connectivity index (χ1n) is 8.74. The third kappa shape index (κ3) is 5.32. The summed E-state index contributed by atoms with van der Waals surface area (Å²) in [7, 11) is 0. The summed E-state index contributed by atoms with van der Waals surface area (Å²) in [5, 5.41) is 2.84. The lowest BCUT2D eigenvalue weighted by Crippen LogP contribution is -2.55. The van der Waals surface area contributed by atoms with Gasteiger partial charge in [0.2, 0.25) is 11.8 Å². The van der Waals surface area contributed by atoms with Crippen molar-refractivity contribution in [2.75, 3.05) is 52.4 Å². The van der Waals surface area contributed by atoms with Gasteiger partial charge in [0.1, 0.15) is 0 Å². The molecular formula is C17H30N4O2. The van der Waals surface area contributed by atoms with Gasteiger partial charge in [-0.15, -0.1) is 6.58 Å². The van der Waals surface area contributed by atoms with Gasteiger partial charge in [0.05, 0.1) is 12.6 Å². The van der Waals surface area contributed by atoms with E-state index in [1.807, 2.05) is 11.8 Å². The molecule has 0 bridgehead atoms. The molecule has 0 aromatic carbocycles. The molecule has 0 aromatic rings. The number of amides is 2. The highest BCUT2D eigenvalue weighted by atomic mass is 16.2. The van der Waals surface area contributed by atoms with E-state index >= 15 is 0 Å². The number of carbonyl (C=O) groups is 2. The smallest absolute Gasteiger partial charge is 0.237 e. The molecule has 0 aliphatic carbocycles. The van der Waals surface area contributed by atoms with Crippen LogP contribution >= 0.6 is 0 Å². The fraction of sp³-hybridized carbons (Fsp3) is 0.765. The predicted octanol–water partition coefficient (Wildman–Crippen LogP) is 0.307. The van der Waals surface area contributed by atoms with Gasteiger partial charge >= 0.3 is 0 Å². The Bertz CT molecular complexity index is 413. The minimum atomic E-state index is -0.130. The molecule has 2 rings (SSSR count). The van der Waals surface area contributed by atoms with E-state index < -0.39 is 0 Å². The second-order valence-electron chi connectivity index (χ2n) is 6.46. The Morgan fingerprint density at radius 3 is 2.35 bits per heavy atom. The molecule has 23 heavy (non-hydrogen) atoms. The number of piperidine rings is 1. The van der Waals surface area contributed by atoms with Crippen LogP contribution in [0.3, 0.4) is 0 Å². The summed E-state index contributed by atoms with van der Waals surface area (Å²) in [6.45, 7) is 11.8. The minimum Gasteiger partial charge on any atom is -0.351 e. The molecule has 2 aliphatic rings. The van der Waals surface area contributed by atoms with Gasteiger partial charge in [-0.05, 0) is 26.2 Å². The van der Waals surface area contributed by atoms with E-state index in [4.69, 9.17) is 0 Å². The number of piperazine rings is 1. The normalized spacial score (nSPS) is 21.7. The second kappa shape index (κ2) is 9.03. The van der Waals surface area contributed by atoms with E-state index in [1.165, 1.54) is 6.42 Å². The fourth-order valence-electron chi connectivity index (χ4n) is 3.23. The first-order valence-corrected chi connectivity index (χ1v) is 8.74. The molecule has 0 spiro atoms. The SMILES string of the molecule is C=CCNC(=O)C(C)N1CCN(CC(=O)N2CCCCC2)CC1. The van der Waals surface area contributed by atoms with Crippen molar-refractivity contribution in [1.29, 1.82) is 0 Å². The van der Waals surface area contributed by atoms with E-state index in [0.29, 0.717) is 13.1 Å². The van der Waals surface area contributed by atoms with Gasteiger partial charge in [-0.25, -0.2) is 0 Å². The van der Waals surface area contributed by atoms with Crippen LogP contribution in [0, 0.1) is 0 Å². The molecule has 2 heterocycles. The number of nitrogens with one attached hydrogen (secondary N) is 1. The Morgan fingerprint density at radius 2 is 1.74 bits per heavy atom. The lowest BCUT2D eigenvalue weighted by molar-refractivity contribution is -0.134. The second-order valence-corrected chi connectivity index (χ2v) is 6.46. The Labute approximate surface area is 139 Å². The maximum absolute atomic E-state index is 12.3. The average Bonchev–Trinajstić information content (AvgIpc) is 2.60. The number of hydrogen-bond acceptors (Lipinski definition) is 4. The van der Waals surface area contributed by atoms with Crippen LogP contribution in [-0.4, -0.2) is 84.9 Å². The number of nitrogens with zero attached hydrogens (tertiary/aromatic N) is 3. The van der Waals surface area contributed by atoms with Crippen molar-refractivity contribution < 1.29 is 9.59 Å². The van der Waals surface area contributed by atoms with E-state index in [9.17, 15) is 9.59 Å². The highest BCUT2D eigenvalue weighted by Crippen LogP contribution is 2.11. The van der Waals surface area contributed by atoms with Crippen LogP contribution in [0.1, 0.15) is 26.2 Å². The van der Waals surface area contributed by atoms with Crippen molar-refractivity contribution in [2.24, 2.45) is 0 Å². The zero-order valence-corrected chi connectivity index (χ0v) is 14.3. The minimum absolute atomic E-state index is 0.0442. The zero-order chi connectivity index (χ0) is 16.7. The molecule has 0 aromatic heterocycles. The van der Waals surface area contributed by atoms with Crippen LogP contribution in [0.2, 0.25) is 0 Å². The van der Waals surface area contributed by atoms with Gasteiger partial charge in [0.15, 0.2) is 0 Å². The van der Waals surface area contributed by atoms with Crippen LogP contribution < -0.4 is 5.32 Å². The summed E-state index contributed by atoms with van der Waals surface area (Å²) < 4.78 is 0. The van der Waals surface area contributed by atoms with Gasteiger partial charge in [-0.1, -0.05) is 6.08 Å².